The van der Waals surface area contributed by atoms with Gasteiger partial charge in [-0.3, -0.25) is 4.79 Å². The summed E-state index contributed by atoms with van der Waals surface area (Å²) in [6.07, 6.45) is 0.782. The van der Waals surface area contributed by atoms with E-state index in [4.69, 9.17) is 5.11 Å². The maximum Gasteiger partial charge on any atom is 0.152 e. The van der Waals surface area contributed by atoms with Gasteiger partial charge in [0.15, 0.2) is 6.29 Å². The molecule has 0 fully saturated rings. The van der Waals surface area contributed by atoms with E-state index in [-0.39, 0.29) is 6.61 Å². The van der Waals surface area contributed by atoms with Crippen LogP contribution in [0.3, 0.4) is 0 Å². The Kier molecular flexibility index (Phi) is 2.09. The van der Waals surface area contributed by atoms with E-state index in [9.17, 15) is 4.79 Å². The Morgan fingerprint density at radius 3 is 2.93 bits per heavy atom. The summed E-state index contributed by atoms with van der Waals surface area (Å²) in [5.41, 5.74) is 3.14. The van der Waals surface area contributed by atoms with Crippen molar-refractivity contribution in [3.63, 3.8) is 0 Å². The second-order valence-electron chi connectivity index (χ2n) is 3.34. The summed E-state index contributed by atoms with van der Waals surface area (Å²) in [6.45, 7) is 1.83. The SMILES string of the molecule is Cc1ccc2[nH]c(CO)c(C=O)c2c1. The highest BCUT2D eigenvalue weighted by atomic mass is 16.3. The molecule has 0 aliphatic rings. The molecule has 14 heavy (non-hydrogen) atoms. The number of nitrogens with one attached hydrogen (secondary N) is 1. The summed E-state index contributed by atoms with van der Waals surface area (Å²) in [5, 5.41) is 9.91. The molecule has 1 aromatic heterocycles. The molecule has 1 heterocycles. The van der Waals surface area contributed by atoms with Crippen molar-refractivity contribution in [2.45, 2.75) is 13.5 Å². The molecule has 0 radical (unpaired) electrons. The number of rotatable bonds is 2. The van der Waals surface area contributed by atoms with Gasteiger partial charge in [0.05, 0.1) is 12.3 Å². The van der Waals surface area contributed by atoms with Crippen molar-refractivity contribution < 1.29 is 9.90 Å². The van der Waals surface area contributed by atoms with E-state index in [0.29, 0.717) is 11.3 Å². The van der Waals surface area contributed by atoms with Crippen LogP contribution in [0.5, 0.6) is 0 Å². The average molecular weight is 189 g/mol. The van der Waals surface area contributed by atoms with E-state index in [0.717, 1.165) is 22.8 Å². The minimum atomic E-state index is -0.137. The standard InChI is InChI=1S/C11H11NO2/c1-7-2-3-10-8(4-7)9(5-13)11(6-14)12-10/h2-5,12,14H,6H2,1H3. The number of benzene rings is 1. The second-order valence-corrected chi connectivity index (χ2v) is 3.34. The van der Waals surface area contributed by atoms with Crippen LogP contribution in [-0.4, -0.2) is 16.4 Å². The molecule has 0 bridgehead atoms. The number of H-pyrrole nitrogens is 1. The Morgan fingerprint density at radius 1 is 1.50 bits per heavy atom. The third-order valence-corrected chi connectivity index (χ3v) is 2.35. The Balaban J connectivity index is 2.81. The van der Waals surface area contributed by atoms with Crippen LogP contribution in [0.2, 0.25) is 0 Å². The van der Waals surface area contributed by atoms with Crippen molar-refractivity contribution in [1.82, 2.24) is 4.98 Å². The normalized spacial score (nSPS) is 10.7. The van der Waals surface area contributed by atoms with Gasteiger partial charge in [-0.25, -0.2) is 0 Å². The average Bonchev–Trinajstić information content (AvgIpc) is 2.54. The number of aliphatic hydroxyl groups is 1. The first-order valence-electron chi connectivity index (χ1n) is 4.43. The molecule has 0 unspecified atom stereocenters. The van der Waals surface area contributed by atoms with Crippen LogP contribution in [-0.2, 0) is 6.61 Å². The van der Waals surface area contributed by atoms with Gasteiger partial charge in [-0.15, -0.1) is 0 Å². The van der Waals surface area contributed by atoms with Crippen LogP contribution in [0.25, 0.3) is 10.9 Å². The van der Waals surface area contributed by atoms with E-state index in [1.165, 1.54) is 0 Å². The molecule has 3 heteroatoms. The van der Waals surface area contributed by atoms with Crippen molar-refractivity contribution in [1.29, 1.82) is 0 Å². The predicted molar refractivity (Wildman–Crippen MR) is 54.3 cm³/mol. The summed E-state index contributed by atoms with van der Waals surface area (Å²) in [6, 6.07) is 5.82. The number of fused-ring (bicyclic) bond motifs is 1. The fourth-order valence-corrected chi connectivity index (χ4v) is 1.64. The van der Waals surface area contributed by atoms with Crippen molar-refractivity contribution in [3.05, 3.63) is 35.0 Å². The Morgan fingerprint density at radius 2 is 2.29 bits per heavy atom. The zero-order valence-electron chi connectivity index (χ0n) is 7.87. The molecular weight excluding hydrogens is 178 g/mol. The second kappa shape index (κ2) is 3.27. The molecule has 0 aliphatic heterocycles. The summed E-state index contributed by atoms with van der Waals surface area (Å²) in [5.74, 6) is 0. The van der Waals surface area contributed by atoms with Crippen molar-refractivity contribution in [3.8, 4) is 0 Å². The third kappa shape index (κ3) is 1.22. The van der Waals surface area contributed by atoms with E-state index in [1.54, 1.807) is 0 Å². The van der Waals surface area contributed by atoms with Gasteiger partial charge in [-0.05, 0) is 19.1 Å². The van der Waals surface area contributed by atoms with Gasteiger partial charge < -0.3 is 10.1 Å². The zero-order valence-corrected chi connectivity index (χ0v) is 7.87. The predicted octanol–water partition coefficient (Wildman–Crippen LogP) is 1.78. The molecular formula is C11H11NO2. The minimum Gasteiger partial charge on any atom is -0.390 e. The Bertz CT molecular complexity index is 485. The van der Waals surface area contributed by atoms with Gasteiger partial charge in [0, 0.05) is 16.5 Å². The van der Waals surface area contributed by atoms with Crippen LogP contribution in [0, 0.1) is 6.92 Å². The summed E-state index contributed by atoms with van der Waals surface area (Å²) in [4.78, 5) is 13.9. The van der Waals surface area contributed by atoms with E-state index < -0.39 is 0 Å². The molecule has 0 saturated heterocycles. The Labute approximate surface area is 81.4 Å². The molecule has 1 aromatic carbocycles. The zero-order chi connectivity index (χ0) is 10.1. The molecule has 0 aliphatic carbocycles. The number of carbonyl (C=O) groups is 1. The molecule has 0 spiro atoms. The van der Waals surface area contributed by atoms with Crippen LogP contribution in [0.15, 0.2) is 18.2 Å². The number of aliphatic hydroxyl groups excluding tert-OH is 1. The monoisotopic (exact) mass is 189 g/mol. The molecule has 0 atom stereocenters. The first-order chi connectivity index (χ1) is 6.76. The molecule has 2 rings (SSSR count). The number of aromatic nitrogens is 1. The third-order valence-electron chi connectivity index (χ3n) is 2.35. The van der Waals surface area contributed by atoms with Gasteiger partial charge in [-0.2, -0.15) is 0 Å². The smallest absolute Gasteiger partial charge is 0.152 e. The van der Waals surface area contributed by atoms with Crippen molar-refractivity contribution in [2.24, 2.45) is 0 Å². The summed E-state index contributed by atoms with van der Waals surface area (Å²) in [7, 11) is 0. The fourth-order valence-electron chi connectivity index (χ4n) is 1.64. The lowest BCUT2D eigenvalue weighted by Gasteiger charge is -1.93. The van der Waals surface area contributed by atoms with Gasteiger partial charge >= 0.3 is 0 Å². The van der Waals surface area contributed by atoms with Gasteiger partial charge in [0.1, 0.15) is 0 Å². The number of aromatic amines is 1. The molecule has 0 saturated carbocycles. The topological polar surface area (TPSA) is 53.1 Å². The molecule has 0 amide bonds. The number of aldehydes is 1. The number of hydrogen-bond acceptors (Lipinski definition) is 2. The maximum atomic E-state index is 10.8. The highest BCUT2D eigenvalue weighted by Gasteiger charge is 2.09. The van der Waals surface area contributed by atoms with Crippen molar-refractivity contribution in [2.75, 3.05) is 0 Å². The molecule has 2 aromatic rings. The number of aryl methyl sites for hydroxylation is 1. The molecule has 72 valence electrons. The largest absolute Gasteiger partial charge is 0.390 e. The van der Waals surface area contributed by atoms with E-state index >= 15 is 0 Å². The van der Waals surface area contributed by atoms with Gasteiger partial charge in [0.25, 0.3) is 0 Å². The first kappa shape index (κ1) is 8.97. The Hall–Kier alpha value is -1.61. The summed E-state index contributed by atoms with van der Waals surface area (Å²) >= 11 is 0. The lowest BCUT2D eigenvalue weighted by Crippen LogP contribution is -1.88. The lowest BCUT2D eigenvalue weighted by molar-refractivity contribution is 0.112. The van der Waals surface area contributed by atoms with Crippen LogP contribution < -0.4 is 0 Å². The van der Waals surface area contributed by atoms with Crippen LogP contribution >= 0.6 is 0 Å². The number of carbonyl (C=O) groups excluding carboxylic acids is 1. The minimum absolute atomic E-state index is 0.137. The quantitative estimate of drug-likeness (QED) is 0.707. The maximum absolute atomic E-state index is 10.8. The lowest BCUT2D eigenvalue weighted by atomic mass is 10.1. The summed E-state index contributed by atoms with van der Waals surface area (Å²) < 4.78 is 0. The van der Waals surface area contributed by atoms with Crippen LogP contribution in [0.1, 0.15) is 21.6 Å². The van der Waals surface area contributed by atoms with Crippen LogP contribution in [0.4, 0.5) is 0 Å². The molecule has 3 nitrogen and oxygen atoms in total. The van der Waals surface area contributed by atoms with Gasteiger partial charge in [0.2, 0.25) is 0 Å². The van der Waals surface area contributed by atoms with Crippen molar-refractivity contribution >= 4 is 17.2 Å². The highest BCUT2D eigenvalue weighted by Crippen LogP contribution is 2.22. The highest BCUT2D eigenvalue weighted by molar-refractivity contribution is 5.99. The van der Waals surface area contributed by atoms with E-state index in [1.807, 2.05) is 25.1 Å². The first-order valence-corrected chi connectivity index (χ1v) is 4.43. The van der Waals surface area contributed by atoms with Gasteiger partial charge in [-0.1, -0.05) is 11.6 Å². The fraction of sp³-hybridized carbons (Fsp3) is 0.182. The number of hydrogen-bond donors (Lipinski definition) is 2. The molecule has 2 N–H and O–H groups in total. The van der Waals surface area contributed by atoms with E-state index in [2.05, 4.69) is 4.98 Å².